The summed E-state index contributed by atoms with van der Waals surface area (Å²) in [5, 5.41) is 8.00. The van der Waals surface area contributed by atoms with Crippen LogP contribution in [0.15, 0.2) is 79.3 Å². The molecule has 0 saturated heterocycles. The minimum absolute atomic E-state index is 0.0216. The zero-order chi connectivity index (χ0) is 23.5. The van der Waals surface area contributed by atoms with Gasteiger partial charge in [0.1, 0.15) is 0 Å². The van der Waals surface area contributed by atoms with E-state index in [1.165, 1.54) is 0 Å². The number of hydrogen-bond acceptors (Lipinski definition) is 5. The largest absolute Gasteiger partial charge is 0.481 e. The van der Waals surface area contributed by atoms with Gasteiger partial charge < -0.3 is 15.4 Å². The molecule has 170 valence electrons. The molecular formula is C27H24N4O3. The molecule has 0 spiro atoms. The molecule has 7 heteroatoms. The van der Waals surface area contributed by atoms with Gasteiger partial charge in [0, 0.05) is 53.8 Å². The van der Waals surface area contributed by atoms with Gasteiger partial charge in [0.15, 0.2) is 0 Å². The van der Waals surface area contributed by atoms with Crippen molar-refractivity contribution >= 4 is 28.3 Å². The maximum absolute atomic E-state index is 12.7. The molecule has 0 unspecified atom stereocenters. The fraction of sp³-hybridized carbons (Fsp3) is 0.185. The summed E-state index contributed by atoms with van der Waals surface area (Å²) in [6.45, 7) is 0.383. The molecule has 2 aromatic carbocycles. The van der Waals surface area contributed by atoms with Crippen molar-refractivity contribution in [1.82, 2.24) is 15.3 Å². The summed E-state index contributed by atoms with van der Waals surface area (Å²) in [6, 6.07) is 18.8. The predicted molar refractivity (Wildman–Crippen MR) is 130 cm³/mol. The van der Waals surface area contributed by atoms with Crippen LogP contribution in [0.2, 0.25) is 0 Å². The molecule has 2 atom stereocenters. The molecule has 0 radical (unpaired) electrons. The van der Waals surface area contributed by atoms with Crippen LogP contribution in [0.4, 0.5) is 5.69 Å². The van der Waals surface area contributed by atoms with Crippen LogP contribution >= 0.6 is 0 Å². The fourth-order valence-electron chi connectivity index (χ4n) is 4.05. The average molecular weight is 453 g/mol. The highest BCUT2D eigenvalue weighted by atomic mass is 16.5. The molecule has 1 fully saturated rings. The lowest BCUT2D eigenvalue weighted by molar-refractivity contribution is -0.117. The molecule has 2 aromatic heterocycles. The monoisotopic (exact) mass is 452 g/mol. The van der Waals surface area contributed by atoms with Crippen molar-refractivity contribution in [3.63, 3.8) is 0 Å². The lowest BCUT2D eigenvalue weighted by atomic mass is 10.1. The Morgan fingerprint density at radius 2 is 1.85 bits per heavy atom. The van der Waals surface area contributed by atoms with Gasteiger partial charge >= 0.3 is 0 Å². The zero-order valence-corrected chi connectivity index (χ0v) is 18.7. The fourth-order valence-corrected chi connectivity index (χ4v) is 4.05. The second-order valence-electron chi connectivity index (χ2n) is 8.39. The predicted octanol–water partition coefficient (Wildman–Crippen LogP) is 4.31. The molecule has 5 rings (SSSR count). The number of methoxy groups -OCH3 is 1. The molecule has 4 aromatic rings. The Kier molecular flexibility index (Phi) is 5.91. The van der Waals surface area contributed by atoms with E-state index in [1.807, 2.05) is 54.6 Å². The van der Waals surface area contributed by atoms with Gasteiger partial charge in [-0.3, -0.25) is 14.6 Å². The van der Waals surface area contributed by atoms with Gasteiger partial charge in [-0.25, -0.2) is 4.98 Å². The Morgan fingerprint density at radius 3 is 2.62 bits per heavy atom. The van der Waals surface area contributed by atoms with Crippen LogP contribution < -0.4 is 15.4 Å². The highest BCUT2D eigenvalue weighted by molar-refractivity contribution is 5.97. The summed E-state index contributed by atoms with van der Waals surface area (Å²) in [7, 11) is 1.56. The first-order valence-corrected chi connectivity index (χ1v) is 11.1. The molecule has 2 amide bonds. The highest BCUT2D eigenvalue weighted by Gasteiger charge is 2.43. The van der Waals surface area contributed by atoms with Gasteiger partial charge in [-0.2, -0.15) is 0 Å². The number of carbonyl (C=O) groups is 2. The van der Waals surface area contributed by atoms with Crippen molar-refractivity contribution in [3.8, 4) is 5.88 Å². The average Bonchev–Trinajstić information content (AvgIpc) is 3.69. The summed E-state index contributed by atoms with van der Waals surface area (Å²) in [5.41, 5.74) is 3.33. The number of anilines is 1. The first-order valence-electron chi connectivity index (χ1n) is 11.1. The van der Waals surface area contributed by atoms with Crippen LogP contribution in [-0.2, 0) is 11.3 Å². The maximum Gasteiger partial charge on any atom is 0.251 e. The molecule has 1 aliphatic carbocycles. The lowest BCUT2D eigenvalue weighted by Gasteiger charge is -2.08. The summed E-state index contributed by atoms with van der Waals surface area (Å²) in [5.74, 6) is 0.516. The van der Waals surface area contributed by atoms with Crippen LogP contribution in [0.5, 0.6) is 5.88 Å². The van der Waals surface area contributed by atoms with Crippen LogP contribution in [-0.4, -0.2) is 28.9 Å². The summed E-state index contributed by atoms with van der Waals surface area (Å²) < 4.78 is 5.04. The topological polar surface area (TPSA) is 93.2 Å². The number of ether oxygens (including phenoxy) is 1. The number of fused-ring (bicyclic) bond motifs is 1. The number of pyridine rings is 2. The molecule has 7 nitrogen and oxygen atoms in total. The van der Waals surface area contributed by atoms with Crippen molar-refractivity contribution in [3.05, 3.63) is 95.9 Å². The SMILES string of the molecule is COc1ccc(CNC(=O)c2ccc([C@@H]3C[C@H]3C(=O)Nc3ccc4cnccc4c3)cc2)cn1. The third-order valence-corrected chi connectivity index (χ3v) is 6.10. The van der Waals surface area contributed by atoms with E-state index in [0.29, 0.717) is 18.0 Å². The molecule has 1 saturated carbocycles. The van der Waals surface area contributed by atoms with Gasteiger partial charge in [-0.1, -0.05) is 24.3 Å². The van der Waals surface area contributed by atoms with E-state index in [0.717, 1.165) is 34.0 Å². The summed E-state index contributed by atoms with van der Waals surface area (Å²) in [4.78, 5) is 33.5. The molecule has 2 N–H and O–H groups in total. The standard InChI is InChI=1S/C27H24N4O3/c1-34-25-9-2-17(14-29-25)15-30-26(32)19-5-3-18(4-6-19)23-13-24(23)27(33)31-22-8-7-21-16-28-11-10-20(21)12-22/h2-12,14,16,23-24H,13,15H2,1H3,(H,30,32)(H,31,33)/t23-,24+/m0/s1. The second kappa shape index (κ2) is 9.31. The van der Waals surface area contributed by atoms with Gasteiger partial charge in [-0.05, 0) is 59.2 Å². The second-order valence-corrected chi connectivity index (χ2v) is 8.39. The molecule has 34 heavy (non-hydrogen) atoms. The molecule has 0 bridgehead atoms. The number of nitrogens with one attached hydrogen (secondary N) is 2. The molecule has 2 heterocycles. The number of carbonyl (C=O) groups excluding carboxylic acids is 2. The molecule has 1 aliphatic rings. The number of benzene rings is 2. The maximum atomic E-state index is 12.7. The number of hydrogen-bond donors (Lipinski definition) is 2. The van der Waals surface area contributed by atoms with Crippen molar-refractivity contribution in [1.29, 1.82) is 0 Å². The Balaban J connectivity index is 1.15. The van der Waals surface area contributed by atoms with E-state index < -0.39 is 0 Å². The van der Waals surface area contributed by atoms with Crippen molar-refractivity contribution < 1.29 is 14.3 Å². The van der Waals surface area contributed by atoms with E-state index in [-0.39, 0.29) is 23.7 Å². The van der Waals surface area contributed by atoms with Crippen molar-refractivity contribution in [2.45, 2.75) is 18.9 Å². The Labute approximate surface area is 197 Å². The quantitative estimate of drug-likeness (QED) is 0.436. The minimum atomic E-state index is -0.154. The number of nitrogens with zero attached hydrogens (tertiary/aromatic N) is 2. The van der Waals surface area contributed by atoms with Crippen molar-refractivity contribution in [2.24, 2.45) is 5.92 Å². The van der Waals surface area contributed by atoms with E-state index in [2.05, 4.69) is 20.6 Å². The Hall–Kier alpha value is -4.26. The summed E-state index contributed by atoms with van der Waals surface area (Å²) in [6.07, 6.45) is 6.03. The normalized spacial score (nSPS) is 16.6. The Bertz CT molecular complexity index is 1340. The van der Waals surface area contributed by atoms with E-state index in [4.69, 9.17) is 4.74 Å². The zero-order valence-electron chi connectivity index (χ0n) is 18.7. The van der Waals surface area contributed by atoms with Gasteiger partial charge in [0.2, 0.25) is 11.8 Å². The third kappa shape index (κ3) is 4.73. The lowest BCUT2D eigenvalue weighted by Crippen LogP contribution is -2.22. The van der Waals surface area contributed by atoms with Crippen LogP contribution in [0, 0.1) is 5.92 Å². The van der Waals surface area contributed by atoms with Crippen LogP contribution in [0.25, 0.3) is 10.8 Å². The van der Waals surface area contributed by atoms with Gasteiger partial charge in [0.25, 0.3) is 5.91 Å². The first-order chi connectivity index (χ1) is 16.6. The third-order valence-electron chi connectivity index (χ3n) is 6.10. The summed E-state index contributed by atoms with van der Waals surface area (Å²) >= 11 is 0. The van der Waals surface area contributed by atoms with E-state index in [1.54, 1.807) is 31.8 Å². The molecule has 0 aliphatic heterocycles. The highest BCUT2D eigenvalue weighted by Crippen LogP contribution is 2.48. The number of rotatable bonds is 7. The Morgan fingerprint density at radius 1 is 1.00 bits per heavy atom. The smallest absolute Gasteiger partial charge is 0.251 e. The minimum Gasteiger partial charge on any atom is -0.481 e. The number of amides is 2. The van der Waals surface area contributed by atoms with E-state index in [9.17, 15) is 9.59 Å². The van der Waals surface area contributed by atoms with Crippen LogP contribution in [0.1, 0.15) is 33.8 Å². The van der Waals surface area contributed by atoms with Crippen LogP contribution in [0.3, 0.4) is 0 Å². The van der Waals surface area contributed by atoms with E-state index >= 15 is 0 Å². The van der Waals surface area contributed by atoms with Gasteiger partial charge in [-0.15, -0.1) is 0 Å². The van der Waals surface area contributed by atoms with Gasteiger partial charge in [0.05, 0.1) is 7.11 Å². The van der Waals surface area contributed by atoms with Crippen molar-refractivity contribution in [2.75, 3.05) is 12.4 Å². The number of aromatic nitrogens is 2. The first kappa shape index (κ1) is 21.6. The molecular weight excluding hydrogens is 428 g/mol.